The van der Waals surface area contributed by atoms with E-state index in [1.807, 2.05) is 60.0 Å². The predicted octanol–water partition coefficient (Wildman–Crippen LogP) is 5.70. The van der Waals surface area contributed by atoms with Gasteiger partial charge in [-0.3, -0.25) is 19.1 Å². The van der Waals surface area contributed by atoms with Gasteiger partial charge in [-0.25, -0.2) is 0 Å². The van der Waals surface area contributed by atoms with Crippen LogP contribution in [0.4, 0.5) is 0 Å². The standard InChI is InChI=1S/C36H34ClN7O3S/c1-21-22(2)48-36-32(21)33(26-11-13-27(37)14-12-26)41-28(34-43-42-23(3)44(34)36)20-31(45)39-18-5-19-40-35(46)30-16-15-29(47-30)25-9-7-24(8-10-25)6-4-17-38/h7-16,28H,5,17-20,38H2,1-3H3,(H,39,45)(H,40,46)/t28-/m0/s1. The van der Waals surface area contributed by atoms with Gasteiger partial charge in [0, 0.05) is 45.2 Å². The van der Waals surface area contributed by atoms with Crippen molar-refractivity contribution < 1.29 is 14.0 Å². The Morgan fingerprint density at radius 2 is 1.71 bits per heavy atom. The van der Waals surface area contributed by atoms with Crippen LogP contribution in [-0.2, 0) is 4.79 Å². The maximum absolute atomic E-state index is 13.2. The van der Waals surface area contributed by atoms with Crippen molar-refractivity contribution in [3.8, 4) is 28.2 Å². The number of carbonyl (C=O) groups is 2. The number of aryl methyl sites for hydroxylation is 2. The molecule has 1 aliphatic heterocycles. The van der Waals surface area contributed by atoms with Crippen molar-refractivity contribution in [1.82, 2.24) is 25.4 Å². The molecule has 4 N–H and O–H groups in total. The van der Waals surface area contributed by atoms with E-state index >= 15 is 0 Å². The summed E-state index contributed by atoms with van der Waals surface area (Å²) in [6, 6.07) is 17.9. The zero-order valence-corrected chi connectivity index (χ0v) is 28.3. The lowest BCUT2D eigenvalue weighted by molar-refractivity contribution is -0.121. The highest BCUT2D eigenvalue weighted by Crippen LogP contribution is 2.39. The van der Waals surface area contributed by atoms with E-state index in [1.54, 1.807) is 23.5 Å². The van der Waals surface area contributed by atoms with Gasteiger partial charge < -0.3 is 20.8 Å². The summed E-state index contributed by atoms with van der Waals surface area (Å²) in [5.74, 6) is 7.44. The van der Waals surface area contributed by atoms with Crippen LogP contribution in [0.5, 0.6) is 0 Å². The van der Waals surface area contributed by atoms with Crippen molar-refractivity contribution in [2.75, 3.05) is 19.6 Å². The van der Waals surface area contributed by atoms with E-state index in [9.17, 15) is 9.59 Å². The average Bonchev–Trinajstić information content (AvgIpc) is 3.78. The molecule has 0 saturated carbocycles. The molecule has 3 aromatic heterocycles. The molecule has 5 aromatic rings. The second kappa shape index (κ2) is 14.4. The minimum absolute atomic E-state index is 0.0876. The quantitative estimate of drug-likeness (QED) is 0.135. The molecule has 48 heavy (non-hydrogen) atoms. The van der Waals surface area contributed by atoms with Crippen molar-refractivity contribution in [3.63, 3.8) is 0 Å². The lowest BCUT2D eigenvalue weighted by atomic mass is 9.99. The van der Waals surface area contributed by atoms with Crippen molar-refractivity contribution in [1.29, 1.82) is 0 Å². The summed E-state index contributed by atoms with van der Waals surface area (Å²) < 4.78 is 7.80. The van der Waals surface area contributed by atoms with Gasteiger partial charge >= 0.3 is 0 Å². The summed E-state index contributed by atoms with van der Waals surface area (Å²) in [4.78, 5) is 32.2. The van der Waals surface area contributed by atoms with Crippen molar-refractivity contribution in [3.05, 3.63) is 110 Å². The van der Waals surface area contributed by atoms with E-state index in [1.165, 1.54) is 4.88 Å². The molecule has 1 aliphatic rings. The smallest absolute Gasteiger partial charge is 0.287 e. The van der Waals surface area contributed by atoms with Crippen molar-refractivity contribution in [2.45, 2.75) is 39.7 Å². The first-order valence-electron chi connectivity index (χ1n) is 15.5. The van der Waals surface area contributed by atoms with Crippen LogP contribution in [0.1, 0.15) is 68.2 Å². The molecular weight excluding hydrogens is 646 g/mol. The van der Waals surface area contributed by atoms with Crippen molar-refractivity contribution >= 4 is 40.5 Å². The largest absolute Gasteiger partial charge is 0.451 e. The van der Waals surface area contributed by atoms with Gasteiger partial charge in [-0.15, -0.1) is 21.5 Å². The first kappa shape index (κ1) is 32.9. The van der Waals surface area contributed by atoms with E-state index in [0.29, 0.717) is 42.7 Å². The molecule has 0 aliphatic carbocycles. The number of halogens is 1. The molecule has 0 saturated heterocycles. The van der Waals surface area contributed by atoms with Crippen molar-refractivity contribution in [2.24, 2.45) is 10.7 Å². The van der Waals surface area contributed by atoms with Crippen LogP contribution in [-0.4, -0.2) is 51.9 Å². The third-order valence-corrected chi connectivity index (χ3v) is 9.48. The van der Waals surface area contributed by atoms with Crippen LogP contribution >= 0.6 is 22.9 Å². The van der Waals surface area contributed by atoms with E-state index in [-0.39, 0.29) is 24.0 Å². The highest BCUT2D eigenvalue weighted by molar-refractivity contribution is 7.15. The molecule has 1 atom stereocenters. The maximum Gasteiger partial charge on any atom is 0.287 e. The van der Waals surface area contributed by atoms with Gasteiger partial charge in [-0.2, -0.15) is 0 Å². The summed E-state index contributed by atoms with van der Waals surface area (Å²) in [6.07, 6.45) is 0.621. The third-order valence-electron chi connectivity index (χ3n) is 8.03. The molecule has 244 valence electrons. The molecule has 12 heteroatoms. The van der Waals surface area contributed by atoms with Crippen LogP contribution < -0.4 is 16.4 Å². The highest BCUT2D eigenvalue weighted by atomic mass is 35.5. The number of fused-ring (bicyclic) bond motifs is 3. The second-order valence-electron chi connectivity index (χ2n) is 11.3. The summed E-state index contributed by atoms with van der Waals surface area (Å²) in [6.45, 7) is 7.12. The van der Waals surface area contributed by atoms with E-state index in [0.717, 1.165) is 44.4 Å². The molecule has 0 fully saturated rings. The number of amides is 2. The number of thiophene rings is 1. The second-order valence-corrected chi connectivity index (χ2v) is 13.0. The van der Waals surface area contributed by atoms with Gasteiger partial charge in [0.2, 0.25) is 5.91 Å². The normalized spacial score (nSPS) is 13.4. The molecule has 2 aromatic carbocycles. The Balaban J connectivity index is 1.07. The molecule has 4 heterocycles. The van der Waals surface area contributed by atoms with Crippen LogP contribution in [0.2, 0.25) is 5.02 Å². The fraction of sp³-hybridized carbons (Fsp3) is 0.250. The van der Waals surface area contributed by atoms with E-state index < -0.39 is 6.04 Å². The maximum atomic E-state index is 13.2. The van der Waals surface area contributed by atoms with Gasteiger partial charge in [0.05, 0.1) is 18.7 Å². The van der Waals surface area contributed by atoms with Gasteiger partial charge in [0.25, 0.3) is 5.91 Å². The highest BCUT2D eigenvalue weighted by Gasteiger charge is 2.32. The monoisotopic (exact) mass is 679 g/mol. The molecule has 0 unspecified atom stereocenters. The Morgan fingerprint density at radius 1 is 0.979 bits per heavy atom. The Labute approximate surface area is 287 Å². The van der Waals surface area contributed by atoms with Crippen LogP contribution in [0, 0.1) is 32.6 Å². The number of carbonyl (C=O) groups excluding carboxylic acids is 2. The number of nitrogens with one attached hydrogen (secondary N) is 2. The minimum Gasteiger partial charge on any atom is -0.451 e. The topological polar surface area (TPSA) is 140 Å². The Kier molecular flexibility index (Phi) is 9.87. The van der Waals surface area contributed by atoms with Gasteiger partial charge in [0.1, 0.15) is 22.6 Å². The summed E-state index contributed by atoms with van der Waals surface area (Å²) in [7, 11) is 0. The predicted molar refractivity (Wildman–Crippen MR) is 188 cm³/mol. The first-order valence-corrected chi connectivity index (χ1v) is 16.7. The molecular formula is C36H34ClN7O3S. The van der Waals surface area contributed by atoms with Gasteiger partial charge in [-0.05, 0) is 69.2 Å². The number of benzene rings is 2. The van der Waals surface area contributed by atoms with Gasteiger partial charge in [0.15, 0.2) is 11.6 Å². The van der Waals surface area contributed by atoms with Crippen LogP contribution in [0.15, 0.2) is 70.1 Å². The molecule has 6 rings (SSSR count). The van der Waals surface area contributed by atoms with Crippen LogP contribution in [0.25, 0.3) is 16.3 Å². The molecule has 0 spiro atoms. The number of rotatable bonds is 9. The Morgan fingerprint density at radius 3 is 2.46 bits per heavy atom. The molecule has 2 amide bonds. The number of nitrogens with two attached hydrogens (primary N) is 1. The molecule has 10 nitrogen and oxygen atoms in total. The number of aromatic nitrogens is 3. The Bertz CT molecular complexity index is 2060. The number of furan rings is 1. The number of hydrogen-bond acceptors (Lipinski definition) is 8. The molecule has 0 bridgehead atoms. The van der Waals surface area contributed by atoms with E-state index in [2.05, 4.69) is 46.5 Å². The SMILES string of the molecule is Cc1sc2c(c1C)C(c1ccc(Cl)cc1)=N[C@@H](CC(=O)NCCCNC(=O)c1ccc(-c3ccc(C#CCN)cc3)o1)c1nnc(C)n1-2. The number of nitrogens with zero attached hydrogens (tertiary/aromatic N) is 4. The van der Waals surface area contributed by atoms with Gasteiger partial charge in [-0.1, -0.05) is 47.7 Å². The lowest BCUT2D eigenvalue weighted by Crippen LogP contribution is -2.30. The lowest BCUT2D eigenvalue weighted by Gasteiger charge is -2.13. The fourth-order valence-electron chi connectivity index (χ4n) is 5.47. The summed E-state index contributed by atoms with van der Waals surface area (Å²) >= 11 is 7.87. The average molecular weight is 680 g/mol. The van der Waals surface area contributed by atoms with Crippen LogP contribution in [0.3, 0.4) is 0 Å². The zero-order chi connectivity index (χ0) is 33.8. The van der Waals surface area contributed by atoms with E-state index in [4.69, 9.17) is 26.7 Å². The zero-order valence-electron chi connectivity index (χ0n) is 26.8. The number of aliphatic imine (C=N–C) groups is 1. The molecule has 0 radical (unpaired) electrons. The minimum atomic E-state index is -0.556. The fourth-order valence-corrected chi connectivity index (χ4v) is 6.81. The summed E-state index contributed by atoms with van der Waals surface area (Å²) in [5.41, 5.74) is 11.0. The Hall–Kier alpha value is -5.02. The summed E-state index contributed by atoms with van der Waals surface area (Å²) in [5, 5.41) is 16.3. The first-order chi connectivity index (χ1) is 23.2. The number of hydrogen-bond donors (Lipinski definition) is 3. The third kappa shape index (κ3) is 6.96.